The first-order valence-corrected chi connectivity index (χ1v) is 13.7. The second-order valence-corrected chi connectivity index (χ2v) is 10.7. The Balaban J connectivity index is 1.55. The van der Waals surface area contributed by atoms with E-state index >= 15 is 0 Å². The average molecular weight is 637 g/mol. The molecule has 0 saturated carbocycles. The Kier molecular flexibility index (Phi) is 8.77. The van der Waals surface area contributed by atoms with Gasteiger partial charge in [-0.3, -0.25) is 19.3 Å². The van der Waals surface area contributed by atoms with Gasteiger partial charge in [0.2, 0.25) is 0 Å². The highest BCUT2D eigenvalue weighted by Gasteiger charge is 2.47. The number of aromatic nitrogens is 3. The van der Waals surface area contributed by atoms with Crippen molar-refractivity contribution in [3.05, 3.63) is 106 Å². The van der Waals surface area contributed by atoms with Crippen molar-refractivity contribution in [2.24, 2.45) is 5.73 Å². The second kappa shape index (κ2) is 12.4. The number of hydrogen-bond acceptors (Lipinski definition) is 4. The van der Waals surface area contributed by atoms with Gasteiger partial charge in [-0.2, -0.15) is 13.9 Å². The summed E-state index contributed by atoms with van der Waals surface area (Å²) in [7, 11) is 0. The maximum atomic E-state index is 14.9. The zero-order valence-electron chi connectivity index (χ0n) is 23.2. The Morgan fingerprint density at radius 3 is 2.40 bits per heavy atom. The molecule has 0 aliphatic heterocycles. The van der Waals surface area contributed by atoms with Crippen LogP contribution in [-0.2, 0) is 23.7 Å². The summed E-state index contributed by atoms with van der Waals surface area (Å²) in [5.74, 6) is -9.32. The van der Waals surface area contributed by atoms with Crippen LogP contribution in [0.1, 0.15) is 76.3 Å². The molecule has 0 bridgehead atoms. The van der Waals surface area contributed by atoms with Crippen molar-refractivity contribution in [2.75, 3.05) is 0 Å². The number of hydrogen-bond donors (Lipinski definition) is 1. The number of alkyl halides is 5. The molecule has 4 aromatic rings. The monoisotopic (exact) mass is 636 g/mol. The number of nitrogens with zero attached hydrogens (tertiary/aromatic N) is 3. The number of fused-ring (bicyclic) bond motifs is 1. The minimum atomic E-state index is -3.73. The van der Waals surface area contributed by atoms with Gasteiger partial charge in [0, 0.05) is 42.1 Å². The third-order valence-corrected chi connectivity index (χ3v) is 7.57. The van der Waals surface area contributed by atoms with Gasteiger partial charge in [-0.15, -0.1) is 0 Å². The van der Waals surface area contributed by atoms with Crippen LogP contribution in [0, 0.1) is 17.5 Å². The first-order chi connectivity index (χ1) is 21.2. The van der Waals surface area contributed by atoms with Crippen LogP contribution in [-0.4, -0.2) is 26.5 Å². The first-order valence-electron chi connectivity index (χ1n) is 13.7. The van der Waals surface area contributed by atoms with E-state index < -0.39 is 102 Å². The van der Waals surface area contributed by atoms with Crippen LogP contribution in [0.3, 0.4) is 0 Å². The average Bonchev–Trinajstić information content (AvgIpc) is 3.36. The quantitative estimate of drug-likeness (QED) is 0.185. The third kappa shape index (κ3) is 6.59. The summed E-state index contributed by atoms with van der Waals surface area (Å²) < 4.78 is 115. The van der Waals surface area contributed by atoms with E-state index in [1.807, 2.05) is 0 Å². The SMILES string of the molecule is NC(=O)c1cc(-c2cccnc2C(CC(=O)Cn2nc(C(F)F)c3c2C(F)(F)CCC3F)Cc2cc(F)cc(F)c2)ccc1F. The van der Waals surface area contributed by atoms with Crippen molar-refractivity contribution < 1.29 is 44.7 Å². The number of amides is 1. The van der Waals surface area contributed by atoms with E-state index in [4.69, 9.17) is 5.73 Å². The molecule has 0 saturated heterocycles. The van der Waals surface area contributed by atoms with Crippen LogP contribution in [0.2, 0.25) is 0 Å². The van der Waals surface area contributed by atoms with Gasteiger partial charge in [0.1, 0.15) is 41.6 Å². The molecule has 1 amide bonds. The number of pyridine rings is 1. The predicted octanol–water partition coefficient (Wildman–Crippen LogP) is 7.28. The molecular weight excluding hydrogens is 612 g/mol. The molecule has 236 valence electrons. The van der Waals surface area contributed by atoms with Crippen LogP contribution in [0.5, 0.6) is 0 Å². The molecule has 0 radical (unpaired) electrons. The largest absolute Gasteiger partial charge is 0.366 e. The Bertz CT molecular complexity index is 1750. The molecule has 6 nitrogen and oxygen atoms in total. The molecule has 5 rings (SSSR count). The van der Waals surface area contributed by atoms with Crippen molar-refractivity contribution in [3.63, 3.8) is 0 Å². The fraction of sp³-hybridized carbons (Fsp3) is 0.290. The maximum Gasteiger partial charge on any atom is 0.289 e. The van der Waals surface area contributed by atoms with Gasteiger partial charge < -0.3 is 5.73 Å². The summed E-state index contributed by atoms with van der Waals surface area (Å²) in [5, 5.41) is 3.50. The fourth-order valence-corrected chi connectivity index (χ4v) is 5.69. The van der Waals surface area contributed by atoms with Crippen molar-refractivity contribution in [2.45, 2.75) is 56.7 Å². The van der Waals surface area contributed by atoms with Crippen LogP contribution in [0.15, 0.2) is 54.7 Å². The number of Topliss-reactive ketones (excluding diaryl/α,β-unsaturated/α-hetero) is 1. The topological polar surface area (TPSA) is 90.9 Å². The van der Waals surface area contributed by atoms with E-state index in [2.05, 4.69) is 10.1 Å². The Hall–Kier alpha value is -4.62. The number of rotatable bonds is 10. The van der Waals surface area contributed by atoms with Crippen LogP contribution < -0.4 is 5.73 Å². The Morgan fingerprint density at radius 2 is 1.73 bits per heavy atom. The van der Waals surface area contributed by atoms with Gasteiger partial charge in [0.25, 0.3) is 18.3 Å². The molecule has 0 spiro atoms. The summed E-state index contributed by atoms with van der Waals surface area (Å²) in [5.41, 5.74) is 2.44. The molecule has 2 atom stereocenters. The van der Waals surface area contributed by atoms with Crippen molar-refractivity contribution in [3.8, 4) is 11.1 Å². The van der Waals surface area contributed by atoms with E-state index in [-0.39, 0.29) is 28.8 Å². The van der Waals surface area contributed by atoms with Gasteiger partial charge in [-0.25, -0.2) is 26.3 Å². The predicted molar refractivity (Wildman–Crippen MR) is 145 cm³/mol. The van der Waals surface area contributed by atoms with Crippen molar-refractivity contribution in [1.82, 2.24) is 14.8 Å². The lowest BCUT2D eigenvalue weighted by molar-refractivity contribution is -0.120. The highest BCUT2D eigenvalue weighted by Crippen LogP contribution is 2.48. The van der Waals surface area contributed by atoms with Gasteiger partial charge >= 0.3 is 0 Å². The summed E-state index contributed by atoms with van der Waals surface area (Å²) in [6.45, 7) is -0.935. The zero-order valence-corrected chi connectivity index (χ0v) is 23.2. The van der Waals surface area contributed by atoms with E-state index in [0.717, 1.165) is 24.3 Å². The smallest absolute Gasteiger partial charge is 0.289 e. The van der Waals surface area contributed by atoms with Crippen LogP contribution in [0.4, 0.5) is 35.1 Å². The molecule has 45 heavy (non-hydrogen) atoms. The fourth-order valence-electron chi connectivity index (χ4n) is 5.69. The minimum absolute atomic E-state index is 0.0992. The normalized spacial score (nSPS) is 16.4. The maximum absolute atomic E-state index is 14.9. The van der Waals surface area contributed by atoms with E-state index in [0.29, 0.717) is 10.7 Å². The van der Waals surface area contributed by atoms with Crippen LogP contribution in [0.25, 0.3) is 11.1 Å². The lowest BCUT2D eigenvalue weighted by atomic mass is 9.86. The summed E-state index contributed by atoms with van der Waals surface area (Å²) in [6, 6.07) is 9.19. The number of ketones is 1. The second-order valence-electron chi connectivity index (χ2n) is 10.7. The molecule has 2 aromatic carbocycles. The molecule has 1 aliphatic rings. The number of benzene rings is 2. The standard InChI is InChI=1S/C31H24F8N4O2/c32-18-9-15(10-19(33)13-18)8-17(26-21(2-1-7-41-26)16-3-4-23(34)22(12-16)30(40)45)11-20(44)14-43-28-25(27(42-43)29(36)37)24(35)5-6-31(28,38)39/h1-4,7,9-10,12-13,17,24,29H,5-6,8,11,14H2,(H2,40,45). The Labute approximate surface area is 250 Å². The number of nitrogens with two attached hydrogens (primary N) is 1. The molecule has 2 aromatic heterocycles. The molecule has 14 heteroatoms. The van der Waals surface area contributed by atoms with Gasteiger partial charge in [0.15, 0.2) is 5.78 Å². The number of carbonyl (C=O) groups is 2. The lowest BCUT2D eigenvalue weighted by Gasteiger charge is -2.26. The van der Waals surface area contributed by atoms with E-state index in [1.165, 1.54) is 24.4 Å². The summed E-state index contributed by atoms with van der Waals surface area (Å²) in [6.07, 6.45) is -6.56. The highest BCUT2D eigenvalue weighted by atomic mass is 19.3. The molecular formula is C31H24F8N4O2. The summed E-state index contributed by atoms with van der Waals surface area (Å²) in [4.78, 5) is 29.6. The first kappa shape index (κ1) is 31.8. The van der Waals surface area contributed by atoms with Crippen LogP contribution >= 0.6 is 0 Å². The van der Waals surface area contributed by atoms with E-state index in [9.17, 15) is 44.7 Å². The third-order valence-electron chi connectivity index (χ3n) is 7.57. The zero-order chi connectivity index (χ0) is 32.6. The molecule has 0 fully saturated rings. The molecule has 2 heterocycles. The number of carbonyl (C=O) groups excluding carboxylic acids is 2. The van der Waals surface area contributed by atoms with Gasteiger partial charge in [-0.1, -0.05) is 12.1 Å². The van der Waals surface area contributed by atoms with Crippen molar-refractivity contribution in [1.29, 1.82) is 0 Å². The molecule has 1 aliphatic carbocycles. The van der Waals surface area contributed by atoms with Crippen molar-refractivity contribution >= 4 is 11.7 Å². The molecule has 2 N–H and O–H groups in total. The Morgan fingerprint density at radius 1 is 1.02 bits per heavy atom. The summed E-state index contributed by atoms with van der Waals surface area (Å²) >= 11 is 0. The highest BCUT2D eigenvalue weighted by molar-refractivity contribution is 5.94. The minimum Gasteiger partial charge on any atom is -0.366 e. The number of primary amides is 1. The number of halogens is 8. The van der Waals surface area contributed by atoms with Gasteiger partial charge in [0.05, 0.1) is 11.3 Å². The van der Waals surface area contributed by atoms with E-state index in [1.54, 1.807) is 0 Å². The molecule has 2 unspecified atom stereocenters. The lowest BCUT2D eigenvalue weighted by Crippen LogP contribution is -2.28. The van der Waals surface area contributed by atoms with Gasteiger partial charge in [-0.05, 0) is 54.3 Å².